The summed E-state index contributed by atoms with van der Waals surface area (Å²) in [6.45, 7) is 9.99. The highest BCUT2D eigenvalue weighted by Crippen LogP contribution is 2.06. The number of nitrogens with one attached hydrogen (secondary N) is 1. The van der Waals surface area contributed by atoms with E-state index >= 15 is 0 Å². The van der Waals surface area contributed by atoms with Crippen molar-refractivity contribution in [2.75, 3.05) is 13.1 Å². The molecule has 0 rings (SSSR count). The maximum absolute atomic E-state index is 11.0. The molecule has 0 aromatic rings. The minimum absolute atomic E-state index is 0.536. The molecular formula is C11H23N2O. The molecule has 0 aromatic carbocycles. The highest BCUT2D eigenvalue weighted by atomic mass is 16.2. The van der Waals surface area contributed by atoms with E-state index < -0.39 is 6.03 Å². The summed E-state index contributed by atoms with van der Waals surface area (Å²) in [5.74, 6) is 1.19. The maximum atomic E-state index is 11.0. The average molecular weight is 199 g/mol. The molecule has 83 valence electrons. The van der Waals surface area contributed by atoms with Crippen molar-refractivity contribution in [3.63, 3.8) is 0 Å². The van der Waals surface area contributed by atoms with Crippen LogP contribution in [0, 0.1) is 11.8 Å². The van der Waals surface area contributed by atoms with E-state index in [0.29, 0.717) is 11.8 Å². The van der Waals surface area contributed by atoms with Gasteiger partial charge in [-0.2, -0.15) is 0 Å². The van der Waals surface area contributed by atoms with Crippen LogP contribution in [0.25, 0.3) is 0 Å². The normalized spacial score (nSPS) is 11.0. The van der Waals surface area contributed by atoms with Crippen molar-refractivity contribution in [2.45, 2.75) is 40.5 Å². The van der Waals surface area contributed by atoms with Crippen LogP contribution in [-0.2, 0) is 0 Å². The van der Waals surface area contributed by atoms with Gasteiger partial charge in [0.1, 0.15) is 0 Å². The van der Waals surface area contributed by atoms with Gasteiger partial charge in [-0.15, -0.1) is 0 Å². The van der Waals surface area contributed by atoms with Crippen LogP contribution in [0.2, 0.25) is 0 Å². The smallest absolute Gasteiger partial charge is 0.323 e. The van der Waals surface area contributed by atoms with Gasteiger partial charge in [0.15, 0.2) is 0 Å². The highest BCUT2D eigenvalue weighted by Gasteiger charge is 2.10. The van der Waals surface area contributed by atoms with Gasteiger partial charge in [0, 0.05) is 13.1 Å². The van der Waals surface area contributed by atoms with E-state index in [4.69, 9.17) is 5.73 Å². The summed E-state index contributed by atoms with van der Waals surface area (Å²) >= 11 is 0. The van der Waals surface area contributed by atoms with Gasteiger partial charge in [-0.3, -0.25) is 0 Å². The third-order valence-corrected chi connectivity index (χ3v) is 2.24. The number of rotatable bonds is 6. The molecular weight excluding hydrogens is 176 g/mol. The van der Waals surface area contributed by atoms with Gasteiger partial charge in [-0.1, -0.05) is 27.7 Å². The van der Waals surface area contributed by atoms with Gasteiger partial charge in [-0.05, 0) is 24.7 Å². The largest absolute Gasteiger partial charge is 0.336 e. The molecule has 0 unspecified atom stereocenters. The number of hydrogen-bond acceptors (Lipinski definition) is 1. The standard InChI is InChI=1S/C11H23N2O/c1-9(2)5-7-13(11(12)14)8-6-10(3)4/h9-10,12H,5-8H2,1-4H3. The number of amides is 2. The Hall–Kier alpha value is -0.730. The zero-order chi connectivity index (χ0) is 11.1. The molecule has 1 radical (unpaired) electrons. The number of nitrogens with zero attached hydrogens (tertiary/aromatic N) is 1. The Morgan fingerprint density at radius 1 is 1.07 bits per heavy atom. The van der Waals surface area contributed by atoms with Crippen molar-refractivity contribution in [1.29, 1.82) is 0 Å². The van der Waals surface area contributed by atoms with Gasteiger partial charge < -0.3 is 4.90 Å². The van der Waals surface area contributed by atoms with E-state index in [9.17, 15) is 4.79 Å². The molecule has 3 heteroatoms. The zero-order valence-electron chi connectivity index (χ0n) is 9.84. The lowest BCUT2D eigenvalue weighted by Crippen LogP contribution is -2.33. The highest BCUT2D eigenvalue weighted by molar-refractivity contribution is 5.71. The predicted octanol–water partition coefficient (Wildman–Crippen LogP) is 2.78. The summed E-state index contributed by atoms with van der Waals surface area (Å²) < 4.78 is 0. The summed E-state index contributed by atoms with van der Waals surface area (Å²) in [6, 6.07) is -0.536. The van der Waals surface area contributed by atoms with Crippen molar-refractivity contribution in [3.8, 4) is 0 Å². The molecule has 0 aliphatic heterocycles. The van der Waals surface area contributed by atoms with Gasteiger partial charge in [0.05, 0.1) is 0 Å². The van der Waals surface area contributed by atoms with Crippen molar-refractivity contribution in [3.05, 3.63) is 0 Å². The third kappa shape index (κ3) is 6.75. The molecule has 0 fully saturated rings. The Morgan fingerprint density at radius 3 is 1.64 bits per heavy atom. The second-order valence-corrected chi connectivity index (χ2v) is 4.66. The maximum Gasteiger partial charge on any atom is 0.336 e. The summed E-state index contributed by atoms with van der Waals surface area (Å²) in [7, 11) is 0. The fourth-order valence-electron chi connectivity index (χ4n) is 1.14. The average Bonchev–Trinajstić information content (AvgIpc) is 2.02. The molecule has 0 heterocycles. The molecule has 1 N–H and O–H groups in total. The second kappa shape index (κ2) is 6.68. The Bertz CT molecular complexity index is 155. The summed E-state index contributed by atoms with van der Waals surface area (Å²) in [6.07, 6.45) is 1.98. The minimum atomic E-state index is -0.536. The molecule has 0 aromatic heterocycles. The van der Waals surface area contributed by atoms with Crippen molar-refractivity contribution in [2.24, 2.45) is 11.8 Å². The van der Waals surface area contributed by atoms with Gasteiger partial charge >= 0.3 is 6.03 Å². The molecule has 0 saturated carbocycles. The fraction of sp³-hybridized carbons (Fsp3) is 0.909. The first-order valence-electron chi connectivity index (χ1n) is 5.44. The predicted molar refractivity (Wildman–Crippen MR) is 59.0 cm³/mol. The van der Waals surface area contributed by atoms with E-state index in [0.717, 1.165) is 25.9 Å². The van der Waals surface area contributed by atoms with Crippen LogP contribution in [0.1, 0.15) is 40.5 Å². The van der Waals surface area contributed by atoms with E-state index in [-0.39, 0.29) is 0 Å². The van der Waals surface area contributed by atoms with Crippen LogP contribution in [0.15, 0.2) is 0 Å². The van der Waals surface area contributed by atoms with Gasteiger partial charge in [0.2, 0.25) is 0 Å². The molecule has 0 bridgehead atoms. The quantitative estimate of drug-likeness (QED) is 0.648. The fourth-order valence-corrected chi connectivity index (χ4v) is 1.14. The number of carbonyl (C=O) groups is 1. The van der Waals surface area contributed by atoms with Crippen LogP contribution < -0.4 is 5.73 Å². The topological polar surface area (TPSA) is 44.1 Å². The molecule has 0 spiro atoms. The molecule has 2 amide bonds. The lowest BCUT2D eigenvalue weighted by molar-refractivity contribution is 0.199. The zero-order valence-corrected chi connectivity index (χ0v) is 9.84. The second-order valence-electron chi connectivity index (χ2n) is 4.66. The molecule has 0 aliphatic rings. The van der Waals surface area contributed by atoms with E-state index in [1.165, 1.54) is 0 Å². The molecule has 14 heavy (non-hydrogen) atoms. The SMILES string of the molecule is CC(C)CCN(CCC(C)C)C([NH])=O. The Morgan fingerprint density at radius 2 is 1.43 bits per heavy atom. The van der Waals surface area contributed by atoms with Crippen LogP contribution in [0.5, 0.6) is 0 Å². The lowest BCUT2D eigenvalue weighted by Gasteiger charge is -2.21. The van der Waals surface area contributed by atoms with E-state index in [2.05, 4.69) is 27.7 Å². The Balaban J connectivity index is 3.84. The van der Waals surface area contributed by atoms with Crippen molar-refractivity contribution in [1.82, 2.24) is 10.6 Å². The van der Waals surface area contributed by atoms with E-state index in [1.807, 2.05) is 0 Å². The first-order chi connectivity index (χ1) is 6.43. The number of carbonyl (C=O) groups excluding carboxylic acids is 1. The number of urea groups is 1. The van der Waals surface area contributed by atoms with Crippen molar-refractivity contribution < 1.29 is 4.79 Å². The summed E-state index contributed by atoms with van der Waals surface area (Å²) in [5, 5.41) is 0. The first-order valence-corrected chi connectivity index (χ1v) is 5.44. The summed E-state index contributed by atoms with van der Waals surface area (Å²) in [5.41, 5.74) is 7.11. The Labute approximate surface area is 87.6 Å². The van der Waals surface area contributed by atoms with Crippen LogP contribution >= 0.6 is 0 Å². The van der Waals surface area contributed by atoms with Gasteiger partial charge in [0.25, 0.3) is 0 Å². The van der Waals surface area contributed by atoms with Gasteiger partial charge in [-0.25, -0.2) is 10.5 Å². The summed E-state index contributed by atoms with van der Waals surface area (Å²) in [4.78, 5) is 12.6. The van der Waals surface area contributed by atoms with Crippen LogP contribution in [0.4, 0.5) is 4.79 Å². The van der Waals surface area contributed by atoms with Crippen molar-refractivity contribution >= 4 is 6.03 Å². The monoisotopic (exact) mass is 199 g/mol. The van der Waals surface area contributed by atoms with Crippen LogP contribution in [0.3, 0.4) is 0 Å². The number of hydrogen-bond donors (Lipinski definition) is 0. The van der Waals surface area contributed by atoms with E-state index in [1.54, 1.807) is 4.90 Å². The molecule has 0 aliphatic carbocycles. The molecule has 3 nitrogen and oxygen atoms in total. The third-order valence-electron chi connectivity index (χ3n) is 2.24. The molecule has 0 saturated heterocycles. The Kier molecular flexibility index (Phi) is 6.34. The lowest BCUT2D eigenvalue weighted by atomic mass is 10.1. The first kappa shape index (κ1) is 13.3. The minimum Gasteiger partial charge on any atom is -0.323 e. The molecule has 0 atom stereocenters. The van der Waals surface area contributed by atoms with Crippen LogP contribution in [-0.4, -0.2) is 24.0 Å².